The number of fused-ring (bicyclic) bond motifs is 4. The Kier molecular flexibility index (Phi) is 3.95. The average Bonchev–Trinajstić information content (AvgIpc) is 3.20. The predicted molar refractivity (Wildman–Crippen MR) is 105 cm³/mol. The summed E-state index contributed by atoms with van der Waals surface area (Å²) in [5.74, 6) is 0.716. The van der Waals surface area contributed by atoms with E-state index < -0.39 is 5.23 Å². The number of thiazole rings is 1. The molecule has 4 aromatic rings. The number of rotatable bonds is 3. The number of benzene rings is 1. The number of nitrogens with one attached hydrogen (secondary N) is 3. The Balaban J connectivity index is 1.56. The van der Waals surface area contributed by atoms with Gasteiger partial charge in [-0.2, -0.15) is 0 Å². The SMILES string of the molecule is O=c1[nH]c2ccc(Nc3ncnc4sc5c(c34)CCC([NH+]([O-])O)C5)cc2s1. The molecule has 10 heteroatoms. The van der Waals surface area contributed by atoms with Crippen LogP contribution in [0.3, 0.4) is 0 Å². The molecule has 1 aliphatic rings. The number of hydrogen-bond acceptors (Lipinski definition) is 8. The Bertz CT molecular complexity index is 1210. The van der Waals surface area contributed by atoms with Gasteiger partial charge in [0, 0.05) is 23.4 Å². The van der Waals surface area contributed by atoms with Crippen LogP contribution in [0.25, 0.3) is 20.4 Å². The number of aryl methyl sites for hydroxylation is 1. The summed E-state index contributed by atoms with van der Waals surface area (Å²) in [6.07, 6.45) is 3.42. The van der Waals surface area contributed by atoms with Crippen molar-refractivity contribution in [3.8, 4) is 0 Å². The summed E-state index contributed by atoms with van der Waals surface area (Å²) in [6, 6.07) is 5.37. The second-order valence-corrected chi connectivity index (χ2v) is 8.63. The van der Waals surface area contributed by atoms with Gasteiger partial charge >= 0.3 is 4.87 Å². The zero-order valence-electron chi connectivity index (χ0n) is 14.0. The number of nitrogens with zero attached hydrogens (tertiary/aromatic N) is 2. The van der Waals surface area contributed by atoms with Crippen LogP contribution >= 0.6 is 22.7 Å². The monoisotopic (exact) mass is 401 g/mol. The summed E-state index contributed by atoms with van der Waals surface area (Å²) in [4.78, 5) is 25.0. The van der Waals surface area contributed by atoms with E-state index in [2.05, 4.69) is 20.3 Å². The van der Waals surface area contributed by atoms with Gasteiger partial charge < -0.3 is 15.5 Å². The number of anilines is 2. The summed E-state index contributed by atoms with van der Waals surface area (Å²) >= 11 is 2.72. The lowest BCUT2D eigenvalue weighted by atomic mass is 9.93. The molecule has 3 heterocycles. The van der Waals surface area contributed by atoms with Crippen molar-refractivity contribution in [2.24, 2.45) is 0 Å². The number of H-pyrrole nitrogens is 1. The van der Waals surface area contributed by atoms with Crippen LogP contribution in [0.1, 0.15) is 16.9 Å². The van der Waals surface area contributed by atoms with Crippen LogP contribution in [0.4, 0.5) is 11.5 Å². The van der Waals surface area contributed by atoms with Gasteiger partial charge in [0.15, 0.2) is 0 Å². The summed E-state index contributed by atoms with van der Waals surface area (Å²) < 4.78 is 0.881. The molecule has 1 aliphatic carbocycles. The van der Waals surface area contributed by atoms with E-state index in [1.54, 1.807) is 11.3 Å². The Morgan fingerprint density at radius 2 is 2.22 bits per heavy atom. The molecule has 0 saturated carbocycles. The van der Waals surface area contributed by atoms with E-state index in [0.717, 1.165) is 36.6 Å². The molecule has 0 aliphatic heterocycles. The first-order valence-electron chi connectivity index (χ1n) is 8.46. The summed E-state index contributed by atoms with van der Waals surface area (Å²) in [5.41, 5.74) is 2.82. The highest BCUT2D eigenvalue weighted by Gasteiger charge is 2.28. The van der Waals surface area contributed by atoms with E-state index in [1.807, 2.05) is 18.2 Å². The average molecular weight is 401 g/mol. The maximum absolute atomic E-state index is 11.5. The molecule has 1 aromatic carbocycles. The molecule has 0 spiro atoms. The maximum atomic E-state index is 11.5. The van der Waals surface area contributed by atoms with Crippen molar-refractivity contribution in [2.75, 3.05) is 5.32 Å². The number of thiophene rings is 1. The van der Waals surface area contributed by atoms with Crippen molar-refractivity contribution in [3.63, 3.8) is 0 Å². The highest BCUT2D eigenvalue weighted by molar-refractivity contribution is 7.19. The fourth-order valence-electron chi connectivity index (χ4n) is 3.58. The maximum Gasteiger partial charge on any atom is 0.305 e. The third kappa shape index (κ3) is 2.91. The van der Waals surface area contributed by atoms with Crippen molar-refractivity contribution < 1.29 is 10.4 Å². The first kappa shape index (κ1) is 16.8. The van der Waals surface area contributed by atoms with Crippen LogP contribution in [0, 0.1) is 5.21 Å². The topological polar surface area (TPSA) is 118 Å². The highest BCUT2D eigenvalue weighted by atomic mass is 32.1. The van der Waals surface area contributed by atoms with Gasteiger partial charge in [0.2, 0.25) is 0 Å². The van der Waals surface area contributed by atoms with E-state index >= 15 is 0 Å². The molecule has 0 bridgehead atoms. The molecule has 5 rings (SSSR count). The van der Waals surface area contributed by atoms with Crippen LogP contribution in [0.5, 0.6) is 0 Å². The van der Waals surface area contributed by atoms with E-state index in [0.29, 0.717) is 25.1 Å². The van der Waals surface area contributed by atoms with Gasteiger partial charge in [0.1, 0.15) is 23.0 Å². The molecule has 8 nitrogen and oxygen atoms in total. The minimum Gasteiger partial charge on any atom is -0.600 e. The number of hydrogen-bond donors (Lipinski definition) is 4. The van der Waals surface area contributed by atoms with Crippen molar-refractivity contribution >= 4 is 54.6 Å². The third-order valence-electron chi connectivity index (χ3n) is 4.88. The van der Waals surface area contributed by atoms with Gasteiger partial charge in [0.25, 0.3) is 0 Å². The molecule has 0 radical (unpaired) electrons. The number of aromatic nitrogens is 3. The number of hydroxylamine groups is 2. The number of aromatic amines is 1. The lowest BCUT2D eigenvalue weighted by Crippen LogP contribution is -3.09. The standard InChI is InChI=1S/C17H15N5O3S2/c23-17-21-11-4-1-8(5-13(11)27-17)20-15-14-10-3-2-9(22(24)25)6-12(10)26-16(14)19-7-18-15/h1,4-5,7,9,22,24H,2-3,6H2,(H,21,23)(H,18,19,20). The molecule has 0 saturated heterocycles. The predicted octanol–water partition coefficient (Wildman–Crippen LogP) is 1.97. The Hall–Kier alpha value is -2.37. The summed E-state index contributed by atoms with van der Waals surface area (Å²) in [7, 11) is 0. The van der Waals surface area contributed by atoms with Crippen LogP contribution in [0.2, 0.25) is 0 Å². The van der Waals surface area contributed by atoms with Crippen molar-refractivity contribution in [3.05, 3.63) is 49.8 Å². The third-order valence-corrected chi connectivity index (χ3v) is 6.89. The van der Waals surface area contributed by atoms with Crippen LogP contribution in [-0.2, 0) is 12.8 Å². The quantitative estimate of drug-likeness (QED) is 0.390. The highest BCUT2D eigenvalue weighted by Crippen LogP contribution is 2.38. The Morgan fingerprint density at radius 3 is 3.07 bits per heavy atom. The van der Waals surface area contributed by atoms with Gasteiger partial charge in [-0.05, 0) is 30.2 Å². The molecular formula is C17H15N5O3S2. The molecular weight excluding hydrogens is 386 g/mol. The number of quaternary nitrogens is 1. The van der Waals surface area contributed by atoms with Crippen molar-refractivity contribution in [2.45, 2.75) is 25.3 Å². The molecule has 0 amide bonds. The van der Waals surface area contributed by atoms with E-state index in [9.17, 15) is 15.2 Å². The van der Waals surface area contributed by atoms with Gasteiger partial charge in [-0.3, -0.25) is 4.79 Å². The molecule has 138 valence electrons. The van der Waals surface area contributed by atoms with E-state index in [1.165, 1.54) is 17.7 Å². The molecule has 3 aromatic heterocycles. The van der Waals surface area contributed by atoms with Crippen molar-refractivity contribution in [1.82, 2.24) is 15.0 Å². The zero-order valence-corrected chi connectivity index (χ0v) is 15.6. The second-order valence-electron chi connectivity index (χ2n) is 6.53. The largest absolute Gasteiger partial charge is 0.600 e. The van der Waals surface area contributed by atoms with E-state index in [-0.39, 0.29) is 10.9 Å². The molecule has 27 heavy (non-hydrogen) atoms. The Morgan fingerprint density at radius 1 is 1.33 bits per heavy atom. The fraction of sp³-hybridized carbons (Fsp3) is 0.235. The van der Waals surface area contributed by atoms with Crippen LogP contribution in [0.15, 0.2) is 29.3 Å². The normalized spacial score (nSPS) is 17.9. The Labute approximate surface area is 160 Å². The van der Waals surface area contributed by atoms with Gasteiger partial charge in [-0.15, -0.1) is 11.3 Å². The fourth-order valence-corrected chi connectivity index (χ4v) is 5.62. The zero-order chi connectivity index (χ0) is 18.5. The minimum absolute atomic E-state index is 0.0773. The molecule has 2 atom stereocenters. The lowest BCUT2D eigenvalue weighted by molar-refractivity contribution is -1.07. The summed E-state index contributed by atoms with van der Waals surface area (Å²) in [6.45, 7) is 0. The van der Waals surface area contributed by atoms with Gasteiger partial charge in [-0.25, -0.2) is 20.4 Å². The second kappa shape index (κ2) is 6.36. The lowest BCUT2D eigenvalue weighted by Gasteiger charge is -2.27. The first-order chi connectivity index (χ1) is 13.1. The first-order valence-corrected chi connectivity index (χ1v) is 10.1. The molecule has 0 fully saturated rings. The smallest absolute Gasteiger partial charge is 0.305 e. The van der Waals surface area contributed by atoms with Crippen molar-refractivity contribution in [1.29, 1.82) is 0 Å². The summed E-state index contributed by atoms with van der Waals surface area (Å²) in [5, 5.41) is 24.2. The molecule has 2 unspecified atom stereocenters. The minimum atomic E-state index is -0.735. The van der Waals surface area contributed by atoms with Crippen LogP contribution in [-0.4, -0.2) is 26.2 Å². The molecule has 4 N–H and O–H groups in total. The van der Waals surface area contributed by atoms with E-state index in [4.69, 9.17) is 0 Å². The van der Waals surface area contributed by atoms with Gasteiger partial charge in [0.05, 0.1) is 15.6 Å². The van der Waals surface area contributed by atoms with Gasteiger partial charge in [-0.1, -0.05) is 11.3 Å². The van der Waals surface area contributed by atoms with Crippen LogP contribution < -0.4 is 15.4 Å².